The van der Waals surface area contributed by atoms with Crippen LogP contribution in [0.25, 0.3) is 28.5 Å². The normalized spacial score (nSPS) is 11.3. The summed E-state index contributed by atoms with van der Waals surface area (Å²) in [5.74, 6) is -0.485. The molecule has 0 aliphatic heterocycles. The van der Waals surface area contributed by atoms with Crippen molar-refractivity contribution < 1.29 is 22.0 Å². The lowest BCUT2D eigenvalue weighted by Gasteiger charge is -2.22. The SMILES string of the molecule is C=CCCCN(c1nc2oc(-c3ccc(F)cc3)c(C(=O)NC)c2cc1C=C)S(C)(=O)=O. The summed E-state index contributed by atoms with van der Waals surface area (Å²) in [5.41, 5.74) is 1.21. The van der Waals surface area contributed by atoms with E-state index in [4.69, 9.17) is 4.42 Å². The Hall–Kier alpha value is -3.46. The van der Waals surface area contributed by atoms with E-state index in [2.05, 4.69) is 23.5 Å². The van der Waals surface area contributed by atoms with E-state index in [1.54, 1.807) is 12.1 Å². The summed E-state index contributed by atoms with van der Waals surface area (Å²) < 4.78 is 45.5. The fraction of sp³-hybridized carbons (Fsp3) is 0.217. The van der Waals surface area contributed by atoms with Gasteiger partial charge in [0.15, 0.2) is 5.82 Å². The van der Waals surface area contributed by atoms with Crippen LogP contribution in [0.5, 0.6) is 0 Å². The minimum atomic E-state index is -3.65. The van der Waals surface area contributed by atoms with Gasteiger partial charge in [0.1, 0.15) is 11.6 Å². The van der Waals surface area contributed by atoms with Gasteiger partial charge in [-0.3, -0.25) is 9.10 Å². The summed E-state index contributed by atoms with van der Waals surface area (Å²) in [6, 6.07) is 7.13. The molecule has 1 amide bonds. The minimum absolute atomic E-state index is 0.0842. The van der Waals surface area contributed by atoms with Crippen LogP contribution in [0.15, 0.2) is 54.0 Å². The van der Waals surface area contributed by atoms with Crippen LogP contribution in [0.3, 0.4) is 0 Å². The van der Waals surface area contributed by atoms with Gasteiger partial charge in [0.25, 0.3) is 5.91 Å². The fourth-order valence-electron chi connectivity index (χ4n) is 3.34. The summed E-state index contributed by atoms with van der Waals surface area (Å²) in [5, 5.41) is 2.96. The summed E-state index contributed by atoms with van der Waals surface area (Å²) >= 11 is 0. The Kier molecular flexibility index (Phi) is 6.78. The van der Waals surface area contributed by atoms with Gasteiger partial charge in [-0.2, -0.15) is 4.98 Å². The molecule has 1 N–H and O–H groups in total. The molecule has 0 radical (unpaired) electrons. The average Bonchev–Trinajstić information content (AvgIpc) is 3.13. The minimum Gasteiger partial charge on any atom is -0.437 e. The number of hydrogen-bond donors (Lipinski definition) is 1. The molecule has 2 aromatic heterocycles. The second-order valence-electron chi connectivity index (χ2n) is 7.12. The van der Waals surface area contributed by atoms with E-state index in [0.717, 1.165) is 6.26 Å². The predicted molar refractivity (Wildman–Crippen MR) is 125 cm³/mol. The van der Waals surface area contributed by atoms with E-state index < -0.39 is 21.7 Å². The van der Waals surface area contributed by atoms with Crippen molar-refractivity contribution >= 4 is 38.9 Å². The lowest BCUT2D eigenvalue weighted by Crippen LogP contribution is -2.32. The predicted octanol–water partition coefficient (Wildman–Crippen LogP) is 4.37. The van der Waals surface area contributed by atoms with Crippen molar-refractivity contribution in [2.75, 3.05) is 24.2 Å². The number of nitrogens with zero attached hydrogens (tertiary/aromatic N) is 2. The van der Waals surface area contributed by atoms with Crippen molar-refractivity contribution in [3.63, 3.8) is 0 Å². The third kappa shape index (κ3) is 4.57. The van der Waals surface area contributed by atoms with Crippen molar-refractivity contribution in [3.05, 3.63) is 66.5 Å². The first-order chi connectivity index (χ1) is 15.2. The van der Waals surface area contributed by atoms with E-state index in [1.165, 1.54) is 41.7 Å². The molecule has 9 heteroatoms. The Balaban J connectivity index is 2.27. The van der Waals surface area contributed by atoms with Gasteiger partial charge in [-0.25, -0.2) is 12.8 Å². The first-order valence-corrected chi connectivity index (χ1v) is 11.7. The topological polar surface area (TPSA) is 92.5 Å². The molecule has 0 spiro atoms. The number of benzene rings is 1. The van der Waals surface area contributed by atoms with Crippen LogP contribution in [0.2, 0.25) is 0 Å². The van der Waals surface area contributed by atoms with Crippen LogP contribution in [0.4, 0.5) is 10.2 Å². The van der Waals surface area contributed by atoms with Gasteiger partial charge in [-0.05, 0) is 43.2 Å². The highest BCUT2D eigenvalue weighted by Crippen LogP contribution is 2.36. The largest absolute Gasteiger partial charge is 0.437 e. The molecule has 0 atom stereocenters. The van der Waals surface area contributed by atoms with Crippen LogP contribution >= 0.6 is 0 Å². The van der Waals surface area contributed by atoms with Crippen LogP contribution in [0, 0.1) is 5.82 Å². The van der Waals surface area contributed by atoms with E-state index in [9.17, 15) is 17.6 Å². The Morgan fingerprint density at radius 3 is 2.53 bits per heavy atom. The van der Waals surface area contributed by atoms with Crippen molar-refractivity contribution in [3.8, 4) is 11.3 Å². The molecule has 0 unspecified atom stereocenters. The van der Waals surface area contributed by atoms with Gasteiger partial charge >= 0.3 is 0 Å². The third-order valence-electron chi connectivity index (χ3n) is 4.88. The van der Waals surface area contributed by atoms with Gasteiger partial charge in [0.05, 0.1) is 17.2 Å². The van der Waals surface area contributed by atoms with Gasteiger partial charge in [-0.1, -0.05) is 18.7 Å². The number of furan rings is 1. The lowest BCUT2D eigenvalue weighted by atomic mass is 10.0. The van der Waals surface area contributed by atoms with Crippen LogP contribution in [-0.2, 0) is 10.0 Å². The number of nitrogens with one attached hydrogen (secondary N) is 1. The van der Waals surface area contributed by atoms with Gasteiger partial charge < -0.3 is 9.73 Å². The summed E-state index contributed by atoms with van der Waals surface area (Å²) in [4.78, 5) is 17.1. The number of sulfonamides is 1. The molecule has 1 aromatic carbocycles. The zero-order chi connectivity index (χ0) is 23.5. The van der Waals surface area contributed by atoms with Crippen molar-refractivity contribution in [1.82, 2.24) is 10.3 Å². The van der Waals surface area contributed by atoms with E-state index in [0.29, 0.717) is 29.4 Å². The standard InChI is InChI=1S/C23H24FN3O4S/c1-5-7-8-13-27(32(4,29)30)21-15(6-2)14-18-19(22(28)25-3)20(31-23(18)26-21)16-9-11-17(24)12-10-16/h5-6,9-12,14H,1-2,7-8,13H2,3-4H3,(H,25,28). The Morgan fingerprint density at radius 1 is 1.28 bits per heavy atom. The molecule has 0 fully saturated rings. The molecular formula is C23H24FN3O4S. The highest BCUT2D eigenvalue weighted by molar-refractivity contribution is 7.92. The first-order valence-electron chi connectivity index (χ1n) is 9.87. The lowest BCUT2D eigenvalue weighted by molar-refractivity contribution is 0.0964. The van der Waals surface area contributed by atoms with E-state index in [1.807, 2.05) is 0 Å². The second kappa shape index (κ2) is 9.35. The molecule has 0 saturated heterocycles. The zero-order valence-corrected chi connectivity index (χ0v) is 18.7. The highest BCUT2D eigenvalue weighted by Gasteiger charge is 2.27. The summed E-state index contributed by atoms with van der Waals surface area (Å²) in [6.07, 6.45) is 5.47. The van der Waals surface area contributed by atoms with E-state index >= 15 is 0 Å². The molecule has 3 rings (SSSR count). The Morgan fingerprint density at radius 2 is 1.97 bits per heavy atom. The monoisotopic (exact) mass is 457 g/mol. The first kappa shape index (κ1) is 23.2. The van der Waals surface area contributed by atoms with Gasteiger partial charge in [0.2, 0.25) is 15.7 Å². The van der Waals surface area contributed by atoms with Crippen molar-refractivity contribution in [2.45, 2.75) is 12.8 Å². The average molecular weight is 458 g/mol. The maximum absolute atomic E-state index is 13.4. The number of rotatable bonds is 9. The maximum atomic E-state index is 13.4. The molecule has 0 aliphatic carbocycles. The number of fused-ring (bicyclic) bond motifs is 1. The summed E-state index contributed by atoms with van der Waals surface area (Å²) in [7, 11) is -2.17. The van der Waals surface area contributed by atoms with Gasteiger partial charge in [0, 0.05) is 24.7 Å². The number of anilines is 1. The third-order valence-corrected chi connectivity index (χ3v) is 6.03. The fourth-order valence-corrected chi connectivity index (χ4v) is 4.26. The number of carbonyl (C=O) groups excluding carboxylic acids is 1. The molecule has 7 nitrogen and oxygen atoms in total. The molecule has 32 heavy (non-hydrogen) atoms. The highest BCUT2D eigenvalue weighted by atomic mass is 32.2. The molecule has 0 saturated carbocycles. The number of aromatic nitrogens is 1. The Bertz CT molecular complexity index is 1280. The quantitative estimate of drug-likeness (QED) is 0.381. The summed E-state index contributed by atoms with van der Waals surface area (Å²) in [6.45, 7) is 7.63. The number of amides is 1. The Labute approximate surface area is 186 Å². The van der Waals surface area contributed by atoms with Gasteiger partial charge in [-0.15, -0.1) is 6.58 Å². The maximum Gasteiger partial charge on any atom is 0.255 e. The number of halogens is 1. The molecule has 3 aromatic rings. The number of pyridine rings is 1. The van der Waals surface area contributed by atoms with Crippen LogP contribution in [0.1, 0.15) is 28.8 Å². The molecule has 2 heterocycles. The van der Waals surface area contributed by atoms with Crippen molar-refractivity contribution in [2.24, 2.45) is 0 Å². The second-order valence-corrected chi connectivity index (χ2v) is 9.02. The smallest absolute Gasteiger partial charge is 0.255 e. The number of hydrogen-bond acceptors (Lipinski definition) is 5. The molecule has 0 bridgehead atoms. The van der Waals surface area contributed by atoms with Crippen molar-refractivity contribution in [1.29, 1.82) is 0 Å². The number of unbranched alkanes of at least 4 members (excludes halogenated alkanes) is 1. The molecular weight excluding hydrogens is 433 g/mol. The van der Waals surface area contributed by atoms with Crippen LogP contribution in [-0.4, -0.2) is 39.2 Å². The number of carbonyl (C=O) groups is 1. The number of allylic oxidation sites excluding steroid dienone is 1. The zero-order valence-electron chi connectivity index (χ0n) is 17.9. The molecule has 168 valence electrons. The molecule has 0 aliphatic rings. The van der Waals surface area contributed by atoms with E-state index in [-0.39, 0.29) is 29.4 Å². The van der Waals surface area contributed by atoms with Crippen LogP contribution < -0.4 is 9.62 Å².